The first-order chi connectivity index (χ1) is 22.1. The average Bonchev–Trinajstić information content (AvgIpc) is 3.51. The second-order valence-electron chi connectivity index (χ2n) is 13.4. The molecule has 0 unspecified atom stereocenters. The summed E-state index contributed by atoms with van der Waals surface area (Å²) in [7, 11) is -0.529. The molecule has 1 saturated heterocycles. The molecule has 4 rings (SSSR count). The number of para-hydroxylation sites is 1. The topological polar surface area (TPSA) is 112 Å². The number of allylic oxidation sites excluding steroid dienone is 1. The zero-order valence-corrected chi connectivity index (χ0v) is 29.1. The monoisotopic (exact) mass is 645 g/mol. The molecule has 10 nitrogen and oxygen atoms in total. The Morgan fingerprint density at radius 3 is 2.34 bits per heavy atom. The highest BCUT2D eigenvalue weighted by atomic mass is 16.7. The van der Waals surface area contributed by atoms with Crippen LogP contribution in [0, 0.1) is 0 Å². The first kappa shape index (κ1) is 35.8. The number of ether oxygens (including phenoxy) is 3. The third-order valence-corrected chi connectivity index (χ3v) is 8.19. The molecule has 47 heavy (non-hydrogen) atoms. The van der Waals surface area contributed by atoms with Crippen molar-refractivity contribution in [2.75, 3.05) is 26.3 Å². The number of benzene rings is 1. The van der Waals surface area contributed by atoms with Crippen molar-refractivity contribution >= 4 is 35.7 Å². The number of esters is 1. The molecule has 0 aliphatic carbocycles. The van der Waals surface area contributed by atoms with E-state index in [1.54, 1.807) is 40.0 Å². The van der Waals surface area contributed by atoms with E-state index in [9.17, 15) is 9.59 Å². The SMILES string of the molecule is CCOC(=O)/C=C/CN(CCOc1ccc(/C(=C(/CC)B2OC(C)(C)C(C)(C)O2)c2cc3ccccc3[nH]2)cn1)C(=O)OC(C)(C)C. The Morgan fingerprint density at radius 1 is 1.04 bits per heavy atom. The van der Waals surface area contributed by atoms with Gasteiger partial charge in [0.05, 0.1) is 24.4 Å². The van der Waals surface area contributed by atoms with Gasteiger partial charge in [-0.25, -0.2) is 14.6 Å². The van der Waals surface area contributed by atoms with Crippen LogP contribution in [0.4, 0.5) is 4.79 Å². The molecule has 0 spiro atoms. The molecular weight excluding hydrogens is 597 g/mol. The summed E-state index contributed by atoms with van der Waals surface area (Å²) >= 11 is 0. The molecule has 1 fully saturated rings. The molecule has 0 bridgehead atoms. The lowest BCUT2D eigenvalue weighted by molar-refractivity contribution is -0.137. The summed E-state index contributed by atoms with van der Waals surface area (Å²) in [5.74, 6) is -0.0626. The van der Waals surface area contributed by atoms with E-state index >= 15 is 0 Å². The molecule has 2 aromatic heterocycles. The van der Waals surface area contributed by atoms with Crippen LogP contribution in [0.2, 0.25) is 0 Å². The van der Waals surface area contributed by atoms with E-state index in [0.29, 0.717) is 12.3 Å². The summed E-state index contributed by atoms with van der Waals surface area (Å²) in [5.41, 5.74) is 3.19. The van der Waals surface area contributed by atoms with Crippen LogP contribution >= 0.6 is 0 Å². The van der Waals surface area contributed by atoms with E-state index in [1.807, 2.05) is 24.3 Å². The Kier molecular flexibility index (Phi) is 11.2. The van der Waals surface area contributed by atoms with Crippen LogP contribution in [0.15, 0.2) is 66.3 Å². The van der Waals surface area contributed by atoms with Gasteiger partial charge in [-0.2, -0.15) is 0 Å². The maximum atomic E-state index is 12.9. The zero-order valence-electron chi connectivity index (χ0n) is 29.1. The number of aromatic nitrogens is 2. The van der Waals surface area contributed by atoms with Crippen molar-refractivity contribution in [2.24, 2.45) is 0 Å². The standard InChI is InChI=1S/C36H48BN3O7/c1-10-27(37-46-35(6,7)36(8,9)47-37)32(29-23-25-15-12-13-16-28(25)39-29)26-18-19-30(38-24-26)44-22-21-40(33(42)45-34(3,4)5)20-14-17-31(41)43-11-2/h12-19,23-24,39H,10-11,20-22H2,1-9H3/b17-14+,32-27+. The van der Waals surface area contributed by atoms with Crippen LogP contribution in [-0.2, 0) is 23.6 Å². The summed E-state index contributed by atoms with van der Waals surface area (Å²) in [6.07, 6.45) is 4.84. The van der Waals surface area contributed by atoms with E-state index in [4.69, 9.17) is 23.5 Å². The van der Waals surface area contributed by atoms with E-state index in [0.717, 1.165) is 33.2 Å². The Hall–Kier alpha value is -4.09. The van der Waals surface area contributed by atoms with E-state index in [2.05, 4.69) is 62.8 Å². The minimum Gasteiger partial charge on any atom is -0.476 e. The molecule has 0 atom stereocenters. The predicted molar refractivity (Wildman–Crippen MR) is 184 cm³/mol. The minimum absolute atomic E-state index is 0.154. The van der Waals surface area contributed by atoms with Gasteiger partial charge in [0.1, 0.15) is 12.2 Å². The fourth-order valence-electron chi connectivity index (χ4n) is 5.09. The zero-order chi connectivity index (χ0) is 34.4. The minimum atomic E-state index is -0.675. The van der Waals surface area contributed by atoms with Crippen molar-refractivity contribution in [1.82, 2.24) is 14.9 Å². The normalized spacial score (nSPS) is 16.3. The van der Waals surface area contributed by atoms with E-state index in [-0.39, 0.29) is 26.3 Å². The molecule has 11 heteroatoms. The Balaban J connectivity index is 1.56. The van der Waals surface area contributed by atoms with Gasteiger partial charge in [-0.15, -0.1) is 0 Å². The highest BCUT2D eigenvalue weighted by molar-refractivity contribution is 6.56. The number of pyridine rings is 1. The highest BCUT2D eigenvalue weighted by Crippen LogP contribution is 2.42. The molecule has 252 valence electrons. The van der Waals surface area contributed by atoms with Crippen molar-refractivity contribution < 1.29 is 33.1 Å². The maximum Gasteiger partial charge on any atom is 0.491 e. The number of H-pyrrole nitrogens is 1. The summed E-state index contributed by atoms with van der Waals surface area (Å²) in [4.78, 5) is 34.3. The third kappa shape index (κ3) is 9.05. The van der Waals surface area contributed by atoms with Crippen LogP contribution in [0.5, 0.6) is 5.88 Å². The van der Waals surface area contributed by atoms with Crippen LogP contribution in [0.1, 0.15) is 80.0 Å². The summed E-state index contributed by atoms with van der Waals surface area (Å²) in [5, 5.41) is 1.10. The van der Waals surface area contributed by atoms with Crippen molar-refractivity contribution in [3.63, 3.8) is 0 Å². The smallest absolute Gasteiger partial charge is 0.476 e. The molecule has 0 saturated carbocycles. The van der Waals surface area contributed by atoms with Gasteiger partial charge in [0.2, 0.25) is 5.88 Å². The Labute approximate surface area is 278 Å². The quantitative estimate of drug-likeness (QED) is 0.126. The second kappa shape index (κ2) is 14.8. The molecule has 3 heterocycles. The van der Waals surface area contributed by atoms with Crippen LogP contribution in [0.3, 0.4) is 0 Å². The first-order valence-corrected chi connectivity index (χ1v) is 16.2. The summed E-state index contributed by atoms with van der Waals surface area (Å²) in [6.45, 7) is 18.3. The maximum absolute atomic E-state index is 12.9. The first-order valence-electron chi connectivity index (χ1n) is 16.2. The molecule has 1 amide bonds. The van der Waals surface area contributed by atoms with Crippen molar-refractivity contribution in [3.05, 3.63) is 77.5 Å². The fourth-order valence-corrected chi connectivity index (χ4v) is 5.09. The second-order valence-corrected chi connectivity index (χ2v) is 13.4. The number of aromatic amines is 1. The number of hydrogen-bond donors (Lipinski definition) is 1. The van der Waals surface area contributed by atoms with Gasteiger partial charge in [0.25, 0.3) is 0 Å². The van der Waals surface area contributed by atoms with Crippen molar-refractivity contribution in [1.29, 1.82) is 0 Å². The van der Waals surface area contributed by atoms with Crippen LogP contribution in [-0.4, -0.2) is 77.2 Å². The van der Waals surface area contributed by atoms with Crippen LogP contribution in [0.25, 0.3) is 16.5 Å². The van der Waals surface area contributed by atoms with E-state index in [1.165, 1.54) is 11.0 Å². The van der Waals surface area contributed by atoms with Gasteiger partial charge in [0, 0.05) is 52.6 Å². The lowest BCUT2D eigenvalue weighted by Gasteiger charge is -2.32. The van der Waals surface area contributed by atoms with Gasteiger partial charge in [-0.1, -0.05) is 31.2 Å². The molecule has 1 N–H and O–H groups in total. The number of rotatable bonds is 12. The molecule has 1 aliphatic rings. The van der Waals surface area contributed by atoms with Crippen molar-refractivity contribution in [3.8, 4) is 5.88 Å². The van der Waals surface area contributed by atoms with Gasteiger partial charge in [0.15, 0.2) is 0 Å². The largest absolute Gasteiger partial charge is 0.491 e. The van der Waals surface area contributed by atoms with Gasteiger partial charge in [-0.05, 0) is 85.5 Å². The lowest BCUT2D eigenvalue weighted by Crippen LogP contribution is -2.41. The number of carbonyl (C=O) groups excluding carboxylic acids is 2. The van der Waals surface area contributed by atoms with Gasteiger partial charge < -0.3 is 33.4 Å². The predicted octanol–water partition coefficient (Wildman–Crippen LogP) is 7.14. The highest BCUT2D eigenvalue weighted by Gasteiger charge is 2.52. The summed E-state index contributed by atoms with van der Waals surface area (Å²) in [6, 6.07) is 14.1. The fraction of sp³-hybridized carbons (Fsp3) is 0.472. The van der Waals surface area contributed by atoms with Crippen molar-refractivity contribution in [2.45, 2.75) is 85.5 Å². The molecule has 3 aromatic rings. The van der Waals surface area contributed by atoms with Crippen LogP contribution < -0.4 is 4.74 Å². The molecule has 1 aliphatic heterocycles. The molecule has 1 aromatic carbocycles. The Morgan fingerprint density at radius 2 is 1.74 bits per heavy atom. The number of carbonyl (C=O) groups is 2. The Bertz CT molecular complexity index is 1550. The number of hydrogen-bond acceptors (Lipinski definition) is 8. The number of nitrogens with one attached hydrogen (secondary N) is 1. The number of fused-ring (bicyclic) bond motifs is 1. The van der Waals surface area contributed by atoms with E-state index < -0.39 is 36.0 Å². The van der Waals surface area contributed by atoms with Gasteiger partial charge in [-0.3, -0.25) is 0 Å². The van der Waals surface area contributed by atoms with Gasteiger partial charge >= 0.3 is 19.2 Å². The number of nitrogens with zero attached hydrogens (tertiary/aromatic N) is 2. The molecule has 0 radical (unpaired) electrons. The third-order valence-electron chi connectivity index (χ3n) is 8.19. The lowest BCUT2D eigenvalue weighted by atomic mass is 9.71. The average molecular weight is 646 g/mol. The summed E-state index contributed by atoms with van der Waals surface area (Å²) < 4.78 is 29.5. The number of amides is 1. The molecular formula is C36H48BN3O7.